The summed E-state index contributed by atoms with van der Waals surface area (Å²) in [5.41, 5.74) is -1.93. The standard InChI is InChI=1S/C18H13FO3/c1-22-17(21)15-11-13-9-5-6-10-14(13)18(15,19)16(20)12-7-3-2-4-8-12/h2-11H,1H3. The number of fused-ring (bicyclic) bond motifs is 1. The molecule has 3 rings (SSSR count). The number of ether oxygens (including phenoxy) is 1. The molecule has 110 valence electrons. The van der Waals surface area contributed by atoms with E-state index in [4.69, 9.17) is 0 Å². The number of ketones is 1. The fourth-order valence-electron chi connectivity index (χ4n) is 2.68. The van der Waals surface area contributed by atoms with E-state index in [1.54, 1.807) is 36.4 Å². The van der Waals surface area contributed by atoms with Crippen LogP contribution < -0.4 is 0 Å². The highest BCUT2D eigenvalue weighted by Crippen LogP contribution is 2.45. The average molecular weight is 296 g/mol. The number of alkyl halides is 1. The van der Waals surface area contributed by atoms with Crippen molar-refractivity contribution in [2.24, 2.45) is 0 Å². The van der Waals surface area contributed by atoms with Crippen molar-refractivity contribution in [3.8, 4) is 0 Å². The Balaban J connectivity index is 2.18. The lowest BCUT2D eigenvalue weighted by molar-refractivity contribution is -0.137. The summed E-state index contributed by atoms with van der Waals surface area (Å²) < 4.78 is 20.4. The Labute approximate surface area is 127 Å². The van der Waals surface area contributed by atoms with Gasteiger partial charge in [0.2, 0.25) is 11.5 Å². The van der Waals surface area contributed by atoms with Crippen molar-refractivity contribution in [1.82, 2.24) is 0 Å². The lowest BCUT2D eigenvalue weighted by atomic mass is 9.84. The zero-order valence-electron chi connectivity index (χ0n) is 11.9. The number of carbonyl (C=O) groups is 2. The minimum Gasteiger partial charge on any atom is -0.466 e. The largest absolute Gasteiger partial charge is 0.466 e. The van der Waals surface area contributed by atoms with E-state index in [0.717, 1.165) is 0 Å². The van der Waals surface area contributed by atoms with Gasteiger partial charge in [0.05, 0.1) is 12.7 Å². The fraction of sp³-hybridized carbons (Fsp3) is 0.111. The van der Waals surface area contributed by atoms with Crippen LogP contribution in [0.4, 0.5) is 4.39 Å². The first kappa shape index (κ1) is 14.2. The monoisotopic (exact) mass is 296 g/mol. The number of benzene rings is 2. The van der Waals surface area contributed by atoms with Gasteiger partial charge in [-0.1, -0.05) is 54.6 Å². The molecule has 0 fully saturated rings. The maximum Gasteiger partial charge on any atom is 0.337 e. The topological polar surface area (TPSA) is 43.4 Å². The molecule has 1 atom stereocenters. The molecule has 1 unspecified atom stereocenters. The van der Waals surface area contributed by atoms with Crippen LogP contribution in [0.2, 0.25) is 0 Å². The number of carbonyl (C=O) groups excluding carboxylic acids is 2. The molecule has 0 saturated carbocycles. The van der Waals surface area contributed by atoms with Crippen molar-refractivity contribution in [2.75, 3.05) is 7.11 Å². The van der Waals surface area contributed by atoms with Gasteiger partial charge in [-0.15, -0.1) is 0 Å². The van der Waals surface area contributed by atoms with Crippen LogP contribution in [0.1, 0.15) is 21.5 Å². The van der Waals surface area contributed by atoms with Crippen molar-refractivity contribution in [3.05, 3.63) is 76.9 Å². The second-order valence-corrected chi connectivity index (χ2v) is 4.99. The lowest BCUT2D eigenvalue weighted by Gasteiger charge is -2.22. The van der Waals surface area contributed by atoms with Gasteiger partial charge in [-0.3, -0.25) is 4.79 Å². The van der Waals surface area contributed by atoms with Crippen molar-refractivity contribution < 1.29 is 18.7 Å². The highest BCUT2D eigenvalue weighted by Gasteiger charge is 2.52. The number of rotatable bonds is 3. The molecule has 2 aromatic rings. The quantitative estimate of drug-likeness (QED) is 0.644. The Bertz CT molecular complexity index is 780. The van der Waals surface area contributed by atoms with Crippen LogP contribution in [0.5, 0.6) is 0 Å². The molecular formula is C18H13FO3. The van der Waals surface area contributed by atoms with Crippen LogP contribution in [0.15, 0.2) is 60.2 Å². The molecule has 3 nitrogen and oxygen atoms in total. The third-order valence-electron chi connectivity index (χ3n) is 3.76. The van der Waals surface area contributed by atoms with Crippen LogP contribution in [0, 0.1) is 0 Å². The molecule has 0 saturated heterocycles. The first-order chi connectivity index (χ1) is 10.6. The summed E-state index contributed by atoms with van der Waals surface area (Å²) in [7, 11) is 1.17. The number of Topliss-reactive ketones (excluding diaryl/α,β-unsaturated/α-hetero) is 1. The zero-order valence-corrected chi connectivity index (χ0v) is 11.9. The predicted octanol–water partition coefficient (Wildman–Crippen LogP) is 3.30. The Morgan fingerprint density at radius 3 is 2.32 bits per heavy atom. The van der Waals surface area contributed by atoms with E-state index >= 15 is 4.39 Å². The number of esters is 1. The van der Waals surface area contributed by atoms with Gasteiger partial charge in [-0.2, -0.15) is 0 Å². The molecule has 4 heteroatoms. The van der Waals surface area contributed by atoms with Crippen LogP contribution >= 0.6 is 0 Å². The third-order valence-corrected chi connectivity index (χ3v) is 3.76. The second kappa shape index (κ2) is 5.22. The Morgan fingerprint density at radius 2 is 1.64 bits per heavy atom. The maximum absolute atomic E-state index is 15.8. The molecule has 0 heterocycles. The van der Waals surface area contributed by atoms with E-state index in [1.165, 1.54) is 31.4 Å². The minimum absolute atomic E-state index is 0.171. The minimum atomic E-state index is -2.52. The van der Waals surface area contributed by atoms with Gasteiger partial charge in [0.15, 0.2) is 0 Å². The predicted molar refractivity (Wildman–Crippen MR) is 80.0 cm³/mol. The number of hydrogen-bond acceptors (Lipinski definition) is 3. The van der Waals surface area contributed by atoms with Crippen molar-refractivity contribution >= 4 is 17.8 Å². The first-order valence-electron chi connectivity index (χ1n) is 6.77. The fourth-order valence-corrected chi connectivity index (χ4v) is 2.68. The molecule has 0 aromatic heterocycles. The molecule has 0 N–H and O–H groups in total. The molecular weight excluding hydrogens is 283 g/mol. The van der Waals surface area contributed by atoms with Gasteiger partial charge in [0.25, 0.3) is 0 Å². The van der Waals surface area contributed by atoms with Crippen LogP contribution in [-0.2, 0) is 15.2 Å². The zero-order chi connectivity index (χ0) is 15.7. The summed E-state index contributed by atoms with van der Waals surface area (Å²) >= 11 is 0. The molecule has 0 spiro atoms. The Morgan fingerprint density at radius 1 is 1.00 bits per heavy atom. The first-order valence-corrected chi connectivity index (χ1v) is 6.77. The molecule has 1 aliphatic rings. The van der Waals surface area contributed by atoms with E-state index in [2.05, 4.69) is 4.74 Å². The normalized spacial score (nSPS) is 19.3. The molecule has 0 radical (unpaired) electrons. The maximum atomic E-state index is 15.8. The van der Waals surface area contributed by atoms with Crippen LogP contribution in [-0.4, -0.2) is 18.9 Å². The summed E-state index contributed by atoms with van der Waals surface area (Å²) in [6.45, 7) is 0. The van der Waals surface area contributed by atoms with E-state index in [9.17, 15) is 9.59 Å². The lowest BCUT2D eigenvalue weighted by Crippen LogP contribution is -2.35. The van der Waals surface area contributed by atoms with E-state index < -0.39 is 17.4 Å². The molecule has 0 aliphatic heterocycles. The Kier molecular flexibility index (Phi) is 3.37. The molecule has 1 aliphatic carbocycles. The summed E-state index contributed by atoms with van der Waals surface area (Å²) in [6.07, 6.45) is 1.38. The van der Waals surface area contributed by atoms with Crippen LogP contribution in [0.3, 0.4) is 0 Å². The van der Waals surface area contributed by atoms with Gasteiger partial charge in [0, 0.05) is 11.1 Å². The van der Waals surface area contributed by atoms with E-state index in [1.807, 2.05) is 0 Å². The summed E-state index contributed by atoms with van der Waals surface area (Å²) in [5, 5.41) is 0. The summed E-state index contributed by atoms with van der Waals surface area (Å²) in [6, 6.07) is 14.6. The third kappa shape index (κ3) is 1.96. The van der Waals surface area contributed by atoms with Crippen molar-refractivity contribution in [3.63, 3.8) is 0 Å². The van der Waals surface area contributed by atoms with Gasteiger partial charge in [-0.25, -0.2) is 9.18 Å². The molecule has 0 bridgehead atoms. The van der Waals surface area contributed by atoms with Gasteiger partial charge in [-0.05, 0) is 11.6 Å². The van der Waals surface area contributed by atoms with Gasteiger partial charge in [0.1, 0.15) is 0 Å². The van der Waals surface area contributed by atoms with Gasteiger partial charge >= 0.3 is 5.97 Å². The van der Waals surface area contributed by atoms with Crippen molar-refractivity contribution in [1.29, 1.82) is 0 Å². The summed E-state index contributed by atoms with van der Waals surface area (Å²) in [5.74, 6) is -1.61. The van der Waals surface area contributed by atoms with Crippen LogP contribution in [0.25, 0.3) is 6.08 Å². The van der Waals surface area contributed by atoms with Gasteiger partial charge < -0.3 is 4.74 Å². The highest BCUT2D eigenvalue weighted by atomic mass is 19.1. The molecule has 22 heavy (non-hydrogen) atoms. The molecule has 2 aromatic carbocycles. The summed E-state index contributed by atoms with van der Waals surface area (Å²) in [4.78, 5) is 24.7. The van der Waals surface area contributed by atoms with Crippen molar-refractivity contribution in [2.45, 2.75) is 5.67 Å². The number of halogens is 1. The number of hydrogen-bond donors (Lipinski definition) is 0. The smallest absolute Gasteiger partial charge is 0.337 e. The van der Waals surface area contributed by atoms with E-state index in [0.29, 0.717) is 5.56 Å². The SMILES string of the molecule is COC(=O)C1=Cc2ccccc2C1(F)C(=O)c1ccccc1. The Hall–Kier alpha value is -2.75. The second-order valence-electron chi connectivity index (χ2n) is 4.99. The van der Waals surface area contributed by atoms with E-state index in [-0.39, 0.29) is 16.7 Å². The number of methoxy groups -OCH3 is 1. The average Bonchev–Trinajstić information content (AvgIpc) is 2.89. The highest BCUT2D eigenvalue weighted by molar-refractivity contribution is 6.15. The molecule has 0 amide bonds.